The Morgan fingerprint density at radius 3 is 2.27 bits per heavy atom. The fourth-order valence-corrected chi connectivity index (χ4v) is 3.65. The van der Waals surface area contributed by atoms with Crippen molar-refractivity contribution in [2.45, 2.75) is 26.9 Å². The van der Waals surface area contributed by atoms with Crippen molar-refractivity contribution in [1.29, 1.82) is 0 Å². The third-order valence-corrected chi connectivity index (χ3v) is 5.22. The van der Waals surface area contributed by atoms with Gasteiger partial charge >= 0.3 is 0 Å². The average molecular weight is 415 g/mol. The number of likely N-dealkylation sites (N-methyl/N-ethyl adjacent to an activating group) is 1. The van der Waals surface area contributed by atoms with E-state index in [-0.39, 0.29) is 30.4 Å². The molecule has 8 heteroatoms. The number of piperazine rings is 1. The number of carbonyl (C=O) groups excluding carboxylic acids is 3. The Morgan fingerprint density at radius 1 is 1.07 bits per heavy atom. The molecule has 3 amide bonds. The lowest BCUT2D eigenvalue weighted by atomic mass is 10.0. The van der Waals surface area contributed by atoms with Gasteiger partial charge in [0.25, 0.3) is 11.8 Å². The third kappa shape index (κ3) is 4.88. The van der Waals surface area contributed by atoms with E-state index in [1.807, 2.05) is 25.8 Å². The van der Waals surface area contributed by atoms with E-state index in [1.165, 1.54) is 11.8 Å². The standard InChI is InChI=1S/C22H30N4O4/c1-15(2)30-14-13-26-21(28)19(17-5-7-18(8-6-17)23-16(3)27)20(22(26)29)25-11-9-24(4)10-12-25/h5-8,15H,9-14H2,1-4H3,(H,23,27). The van der Waals surface area contributed by atoms with Gasteiger partial charge in [-0.25, -0.2) is 0 Å². The van der Waals surface area contributed by atoms with E-state index >= 15 is 0 Å². The Bertz CT molecular complexity index is 839. The molecule has 162 valence electrons. The van der Waals surface area contributed by atoms with Crippen molar-refractivity contribution in [3.63, 3.8) is 0 Å². The number of imide groups is 1. The molecule has 1 aromatic carbocycles. The predicted molar refractivity (Wildman–Crippen MR) is 115 cm³/mol. The summed E-state index contributed by atoms with van der Waals surface area (Å²) in [6.45, 7) is 8.85. The molecule has 2 aliphatic rings. The Kier molecular flexibility index (Phi) is 6.89. The zero-order valence-corrected chi connectivity index (χ0v) is 18.1. The molecule has 0 unspecified atom stereocenters. The second kappa shape index (κ2) is 9.40. The molecule has 1 saturated heterocycles. The minimum Gasteiger partial charge on any atom is -0.377 e. The molecule has 0 aromatic heterocycles. The van der Waals surface area contributed by atoms with Crippen LogP contribution in [0.15, 0.2) is 30.0 Å². The zero-order valence-electron chi connectivity index (χ0n) is 18.1. The van der Waals surface area contributed by atoms with Gasteiger partial charge in [-0.3, -0.25) is 19.3 Å². The number of rotatable bonds is 7. The molecule has 30 heavy (non-hydrogen) atoms. The minimum absolute atomic E-state index is 0.0312. The van der Waals surface area contributed by atoms with Crippen molar-refractivity contribution in [1.82, 2.24) is 14.7 Å². The molecule has 1 fully saturated rings. The molecule has 3 rings (SSSR count). The fraction of sp³-hybridized carbons (Fsp3) is 0.500. The van der Waals surface area contributed by atoms with Gasteiger partial charge in [0.15, 0.2) is 0 Å². The number of carbonyl (C=O) groups is 3. The molecule has 8 nitrogen and oxygen atoms in total. The van der Waals surface area contributed by atoms with Gasteiger partial charge in [0, 0.05) is 38.8 Å². The van der Waals surface area contributed by atoms with E-state index < -0.39 is 0 Å². The Morgan fingerprint density at radius 2 is 1.70 bits per heavy atom. The molecule has 2 heterocycles. The first-order chi connectivity index (χ1) is 14.3. The number of nitrogens with zero attached hydrogens (tertiary/aromatic N) is 3. The summed E-state index contributed by atoms with van der Waals surface area (Å²) in [5.74, 6) is -0.727. The monoisotopic (exact) mass is 414 g/mol. The van der Waals surface area contributed by atoms with E-state index in [9.17, 15) is 14.4 Å². The van der Waals surface area contributed by atoms with Crippen LogP contribution in [0.4, 0.5) is 5.69 Å². The first kappa shape index (κ1) is 22.0. The van der Waals surface area contributed by atoms with Gasteiger partial charge in [0.05, 0.1) is 24.8 Å². The van der Waals surface area contributed by atoms with Crippen LogP contribution < -0.4 is 5.32 Å². The molecule has 1 N–H and O–H groups in total. The lowest BCUT2D eigenvalue weighted by Gasteiger charge is -2.34. The van der Waals surface area contributed by atoms with Crippen molar-refractivity contribution in [2.24, 2.45) is 0 Å². The number of benzene rings is 1. The van der Waals surface area contributed by atoms with Crippen LogP contribution in [0.2, 0.25) is 0 Å². The highest BCUT2D eigenvalue weighted by molar-refractivity contribution is 6.35. The lowest BCUT2D eigenvalue weighted by Crippen LogP contribution is -2.46. The molecule has 1 aromatic rings. The highest BCUT2D eigenvalue weighted by Gasteiger charge is 2.41. The van der Waals surface area contributed by atoms with Crippen molar-refractivity contribution in [3.8, 4) is 0 Å². The van der Waals surface area contributed by atoms with Crippen LogP contribution in [-0.2, 0) is 19.1 Å². The van der Waals surface area contributed by atoms with Crippen molar-refractivity contribution < 1.29 is 19.1 Å². The highest BCUT2D eigenvalue weighted by atomic mass is 16.5. The molecule has 0 radical (unpaired) electrons. The maximum Gasteiger partial charge on any atom is 0.277 e. The summed E-state index contributed by atoms with van der Waals surface area (Å²) in [5.41, 5.74) is 2.20. The fourth-order valence-electron chi connectivity index (χ4n) is 3.65. The van der Waals surface area contributed by atoms with E-state index in [0.29, 0.717) is 42.2 Å². The second-order valence-electron chi connectivity index (χ2n) is 7.95. The van der Waals surface area contributed by atoms with Gasteiger partial charge in [-0.1, -0.05) is 12.1 Å². The zero-order chi connectivity index (χ0) is 21.8. The van der Waals surface area contributed by atoms with Crippen LogP contribution in [0.3, 0.4) is 0 Å². The van der Waals surface area contributed by atoms with Gasteiger partial charge in [-0.05, 0) is 38.6 Å². The summed E-state index contributed by atoms with van der Waals surface area (Å²) in [6.07, 6.45) is 0.0312. The number of ether oxygens (including phenoxy) is 1. The van der Waals surface area contributed by atoms with Crippen LogP contribution in [-0.4, -0.2) is 84.9 Å². The number of amides is 3. The van der Waals surface area contributed by atoms with E-state index in [0.717, 1.165) is 13.1 Å². The normalized spacial score (nSPS) is 18.0. The molecule has 0 bridgehead atoms. The Labute approximate surface area is 177 Å². The molecule has 2 aliphatic heterocycles. The Balaban J connectivity index is 1.91. The van der Waals surface area contributed by atoms with Crippen LogP contribution in [0.1, 0.15) is 26.3 Å². The van der Waals surface area contributed by atoms with Gasteiger partial charge in [0.2, 0.25) is 5.91 Å². The second-order valence-corrected chi connectivity index (χ2v) is 7.95. The predicted octanol–water partition coefficient (Wildman–Crippen LogP) is 1.40. The van der Waals surface area contributed by atoms with E-state index in [2.05, 4.69) is 10.2 Å². The smallest absolute Gasteiger partial charge is 0.277 e. The van der Waals surface area contributed by atoms with Crippen molar-refractivity contribution in [3.05, 3.63) is 35.5 Å². The molecule has 0 spiro atoms. The quantitative estimate of drug-likeness (QED) is 0.679. The van der Waals surface area contributed by atoms with Gasteiger partial charge in [-0.15, -0.1) is 0 Å². The average Bonchev–Trinajstić information content (AvgIpc) is 2.93. The van der Waals surface area contributed by atoms with Gasteiger partial charge in [0.1, 0.15) is 5.70 Å². The number of hydrogen-bond donors (Lipinski definition) is 1. The van der Waals surface area contributed by atoms with Gasteiger partial charge < -0.3 is 19.9 Å². The van der Waals surface area contributed by atoms with Crippen LogP contribution >= 0.6 is 0 Å². The third-order valence-electron chi connectivity index (χ3n) is 5.22. The largest absolute Gasteiger partial charge is 0.377 e. The molecule has 0 saturated carbocycles. The van der Waals surface area contributed by atoms with Crippen LogP contribution in [0.5, 0.6) is 0 Å². The summed E-state index contributed by atoms with van der Waals surface area (Å²) < 4.78 is 5.56. The minimum atomic E-state index is -0.298. The van der Waals surface area contributed by atoms with Crippen LogP contribution in [0.25, 0.3) is 5.57 Å². The first-order valence-electron chi connectivity index (χ1n) is 10.3. The van der Waals surface area contributed by atoms with Crippen molar-refractivity contribution >= 4 is 29.0 Å². The van der Waals surface area contributed by atoms with Crippen molar-refractivity contribution in [2.75, 3.05) is 51.7 Å². The summed E-state index contributed by atoms with van der Waals surface area (Å²) in [7, 11) is 2.05. The maximum atomic E-state index is 13.3. The summed E-state index contributed by atoms with van der Waals surface area (Å²) in [4.78, 5) is 43.3. The topological polar surface area (TPSA) is 82.2 Å². The number of nitrogens with one attached hydrogen (secondary N) is 1. The summed E-state index contributed by atoms with van der Waals surface area (Å²) >= 11 is 0. The summed E-state index contributed by atoms with van der Waals surface area (Å²) in [5, 5.41) is 2.72. The van der Waals surface area contributed by atoms with E-state index in [4.69, 9.17) is 4.74 Å². The van der Waals surface area contributed by atoms with Gasteiger partial charge in [-0.2, -0.15) is 0 Å². The maximum absolute atomic E-state index is 13.3. The molecule has 0 atom stereocenters. The summed E-state index contributed by atoms with van der Waals surface area (Å²) in [6, 6.07) is 7.03. The number of hydrogen-bond acceptors (Lipinski definition) is 6. The van der Waals surface area contributed by atoms with Crippen LogP contribution in [0, 0.1) is 0 Å². The van der Waals surface area contributed by atoms with E-state index in [1.54, 1.807) is 24.3 Å². The number of anilines is 1. The molecular formula is C22H30N4O4. The lowest BCUT2D eigenvalue weighted by molar-refractivity contribution is -0.138. The Hall–Kier alpha value is -2.71. The highest BCUT2D eigenvalue weighted by Crippen LogP contribution is 2.32. The first-order valence-corrected chi connectivity index (χ1v) is 10.3. The molecule has 0 aliphatic carbocycles. The molecular weight excluding hydrogens is 384 g/mol. The SMILES string of the molecule is CC(=O)Nc1ccc(C2=C(N3CCN(C)CC3)C(=O)N(CCOC(C)C)C2=O)cc1.